The fourth-order valence-electron chi connectivity index (χ4n) is 2.33. The van der Waals surface area contributed by atoms with Crippen LogP contribution < -0.4 is 10.6 Å². The Morgan fingerprint density at radius 2 is 2.00 bits per heavy atom. The van der Waals surface area contributed by atoms with Gasteiger partial charge in [0.1, 0.15) is 5.54 Å². The zero-order valence-electron chi connectivity index (χ0n) is 10.7. The van der Waals surface area contributed by atoms with Crippen LogP contribution in [-0.4, -0.2) is 28.4 Å². The molecule has 0 atom stereocenters. The number of benzene rings is 1. The van der Waals surface area contributed by atoms with E-state index in [1.807, 2.05) is 0 Å². The highest BCUT2D eigenvalue weighted by Crippen LogP contribution is 2.36. The normalized spacial score (nSPS) is 18.7. The molecule has 1 aromatic carbocycles. The number of carbonyl (C=O) groups is 3. The van der Waals surface area contributed by atoms with E-state index >= 15 is 0 Å². The van der Waals surface area contributed by atoms with Crippen molar-refractivity contribution >= 4 is 23.5 Å². The molecule has 104 valence electrons. The second-order valence-corrected chi connectivity index (χ2v) is 5.26. The topological polar surface area (TPSA) is 95.5 Å². The van der Waals surface area contributed by atoms with Crippen LogP contribution in [0.5, 0.6) is 0 Å². The lowest BCUT2D eigenvalue weighted by molar-refractivity contribution is -0.140. The summed E-state index contributed by atoms with van der Waals surface area (Å²) < 4.78 is 0. The fourth-order valence-corrected chi connectivity index (χ4v) is 2.33. The van der Waals surface area contributed by atoms with Crippen molar-refractivity contribution in [1.29, 1.82) is 0 Å². The molecule has 0 radical (unpaired) electrons. The van der Waals surface area contributed by atoms with Crippen molar-refractivity contribution in [3.8, 4) is 0 Å². The van der Waals surface area contributed by atoms with E-state index in [4.69, 9.17) is 5.11 Å². The Morgan fingerprint density at radius 3 is 2.65 bits per heavy atom. The molecule has 1 fully saturated rings. The van der Waals surface area contributed by atoms with Crippen molar-refractivity contribution in [3.05, 3.63) is 29.3 Å². The summed E-state index contributed by atoms with van der Waals surface area (Å²) >= 11 is 0. The van der Waals surface area contributed by atoms with Gasteiger partial charge in [0.2, 0.25) is 5.91 Å². The summed E-state index contributed by atoms with van der Waals surface area (Å²) in [7, 11) is 0. The van der Waals surface area contributed by atoms with Gasteiger partial charge in [0.05, 0.1) is 0 Å². The molecule has 3 rings (SSSR count). The highest BCUT2D eigenvalue weighted by Gasteiger charge is 2.51. The Labute approximate surface area is 115 Å². The number of fused-ring (bicyclic) bond motifs is 1. The van der Waals surface area contributed by atoms with Gasteiger partial charge in [0.15, 0.2) is 0 Å². The van der Waals surface area contributed by atoms with Gasteiger partial charge < -0.3 is 15.7 Å². The van der Waals surface area contributed by atoms with Crippen LogP contribution in [0.25, 0.3) is 0 Å². The molecule has 2 aliphatic rings. The Kier molecular flexibility index (Phi) is 2.74. The predicted octanol–water partition coefficient (Wildman–Crippen LogP) is 0.918. The van der Waals surface area contributed by atoms with Crippen LogP contribution in [0.15, 0.2) is 18.2 Å². The highest BCUT2D eigenvalue weighted by molar-refractivity contribution is 6.00. The maximum absolute atomic E-state index is 12.1. The third-order valence-corrected chi connectivity index (χ3v) is 3.78. The van der Waals surface area contributed by atoms with Crippen LogP contribution in [0.1, 0.15) is 35.2 Å². The van der Waals surface area contributed by atoms with E-state index < -0.39 is 11.5 Å². The maximum atomic E-state index is 12.1. The number of carboxylic acid groups (broad SMARTS) is 1. The molecule has 0 aromatic heterocycles. The monoisotopic (exact) mass is 274 g/mol. The summed E-state index contributed by atoms with van der Waals surface area (Å²) in [5.41, 5.74) is 0.961. The number of carbonyl (C=O) groups excluding carboxylic acids is 2. The molecule has 0 unspecified atom stereocenters. The third-order valence-electron chi connectivity index (χ3n) is 3.78. The van der Waals surface area contributed by atoms with Crippen LogP contribution in [0.2, 0.25) is 0 Å². The predicted molar refractivity (Wildman–Crippen MR) is 70.5 cm³/mol. The van der Waals surface area contributed by atoms with E-state index in [1.165, 1.54) is 0 Å². The first kappa shape index (κ1) is 12.7. The molecule has 1 heterocycles. The van der Waals surface area contributed by atoms with Crippen LogP contribution in [0.3, 0.4) is 0 Å². The van der Waals surface area contributed by atoms with Crippen molar-refractivity contribution in [2.45, 2.75) is 31.2 Å². The van der Waals surface area contributed by atoms with E-state index in [2.05, 4.69) is 10.6 Å². The first-order valence-corrected chi connectivity index (χ1v) is 6.49. The van der Waals surface area contributed by atoms with Gasteiger partial charge in [0.25, 0.3) is 5.91 Å². The van der Waals surface area contributed by atoms with Crippen molar-refractivity contribution in [2.75, 3.05) is 5.32 Å². The van der Waals surface area contributed by atoms with Gasteiger partial charge >= 0.3 is 5.97 Å². The summed E-state index contributed by atoms with van der Waals surface area (Å²) in [6.07, 6.45) is 1.92. The van der Waals surface area contributed by atoms with Crippen molar-refractivity contribution in [1.82, 2.24) is 5.32 Å². The quantitative estimate of drug-likeness (QED) is 0.763. The molecule has 1 saturated carbocycles. The Hall–Kier alpha value is -2.37. The molecular weight excluding hydrogens is 260 g/mol. The molecule has 0 spiro atoms. The number of carboxylic acids is 1. The third kappa shape index (κ3) is 2.13. The van der Waals surface area contributed by atoms with Crippen molar-refractivity contribution in [2.24, 2.45) is 0 Å². The number of amides is 2. The van der Waals surface area contributed by atoms with E-state index in [-0.39, 0.29) is 11.8 Å². The van der Waals surface area contributed by atoms with Crippen LogP contribution in [-0.2, 0) is 16.0 Å². The summed E-state index contributed by atoms with van der Waals surface area (Å²) in [5, 5.41) is 14.4. The van der Waals surface area contributed by atoms with Crippen LogP contribution >= 0.6 is 0 Å². The van der Waals surface area contributed by atoms with Crippen molar-refractivity contribution in [3.63, 3.8) is 0 Å². The van der Waals surface area contributed by atoms with Gasteiger partial charge in [0, 0.05) is 17.7 Å². The molecule has 0 bridgehead atoms. The molecule has 6 heteroatoms. The van der Waals surface area contributed by atoms with Crippen LogP contribution in [0.4, 0.5) is 5.69 Å². The van der Waals surface area contributed by atoms with Gasteiger partial charge in [-0.3, -0.25) is 9.59 Å². The van der Waals surface area contributed by atoms with Gasteiger partial charge in [-0.2, -0.15) is 0 Å². The minimum atomic E-state index is -1.08. The molecule has 2 amide bonds. The lowest BCUT2D eigenvalue weighted by Gasteiger charge is -2.18. The first-order chi connectivity index (χ1) is 9.50. The number of hydrogen-bond donors (Lipinski definition) is 3. The zero-order chi connectivity index (χ0) is 14.3. The maximum Gasteiger partial charge on any atom is 0.329 e. The van der Waals surface area contributed by atoms with E-state index in [0.717, 1.165) is 11.3 Å². The number of rotatable bonds is 3. The van der Waals surface area contributed by atoms with Crippen LogP contribution in [0, 0.1) is 0 Å². The van der Waals surface area contributed by atoms with Crippen molar-refractivity contribution < 1.29 is 19.5 Å². The standard InChI is InChI=1S/C14H14N2O4/c17-11-4-2-8-7-9(1-3-10(8)15-11)12(18)16-14(5-6-14)13(19)20/h1,3,7H,2,4-6H2,(H,15,17)(H,16,18)(H,19,20). The first-order valence-electron chi connectivity index (χ1n) is 6.49. The molecule has 3 N–H and O–H groups in total. The van der Waals surface area contributed by atoms with E-state index in [9.17, 15) is 14.4 Å². The highest BCUT2D eigenvalue weighted by atomic mass is 16.4. The second-order valence-electron chi connectivity index (χ2n) is 5.26. The summed E-state index contributed by atoms with van der Waals surface area (Å²) in [4.78, 5) is 34.4. The number of aliphatic carboxylic acids is 1. The van der Waals surface area contributed by atoms with Gasteiger partial charge in [-0.15, -0.1) is 0 Å². The average Bonchev–Trinajstić information content (AvgIpc) is 3.19. The zero-order valence-corrected chi connectivity index (χ0v) is 10.7. The Morgan fingerprint density at radius 1 is 1.25 bits per heavy atom. The Bertz CT molecular complexity index is 620. The number of nitrogens with one attached hydrogen (secondary N) is 2. The van der Waals surface area contributed by atoms with E-state index in [1.54, 1.807) is 18.2 Å². The smallest absolute Gasteiger partial charge is 0.329 e. The molecular formula is C14H14N2O4. The number of aryl methyl sites for hydroxylation is 1. The van der Waals surface area contributed by atoms with Gasteiger partial charge in [-0.1, -0.05) is 0 Å². The minimum Gasteiger partial charge on any atom is -0.480 e. The van der Waals surface area contributed by atoms with Gasteiger partial charge in [-0.05, 0) is 43.0 Å². The molecule has 1 aliphatic carbocycles. The lowest BCUT2D eigenvalue weighted by Crippen LogP contribution is -2.43. The number of hydrogen-bond acceptors (Lipinski definition) is 3. The largest absolute Gasteiger partial charge is 0.480 e. The van der Waals surface area contributed by atoms with Gasteiger partial charge in [-0.25, -0.2) is 4.79 Å². The second kappa shape index (κ2) is 4.33. The molecule has 6 nitrogen and oxygen atoms in total. The molecule has 0 saturated heterocycles. The summed E-state index contributed by atoms with van der Waals surface area (Å²) in [6.45, 7) is 0. The Balaban J connectivity index is 1.79. The fraction of sp³-hybridized carbons (Fsp3) is 0.357. The molecule has 20 heavy (non-hydrogen) atoms. The summed E-state index contributed by atoms with van der Waals surface area (Å²) in [5.74, 6) is -1.40. The number of anilines is 1. The summed E-state index contributed by atoms with van der Waals surface area (Å²) in [6, 6.07) is 4.99. The lowest BCUT2D eigenvalue weighted by atomic mass is 10.00. The average molecular weight is 274 g/mol. The van der Waals surface area contributed by atoms with E-state index in [0.29, 0.717) is 31.2 Å². The molecule has 1 aromatic rings. The molecule has 1 aliphatic heterocycles. The SMILES string of the molecule is O=C1CCc2cc(C(=O)NC3(C(=O)O)CC3)ccc2N1. The minimum absolute atomic E-state index is 0.0301.